The van der Waals surface area contributed by atoms with Crippen LogP contribution in [0.25, 0.3) is 0 Å². The molecule has 4 nitrogen and oxygen atoms in total. The highest BCUT2D eigenvalue weighted by Crippen LogP contribution is 2.31. The van der Waals surface area contributed by atoms with Crippen LogP contribution in [0, 0.1) is 0 Å². The minimum atomic E-state index is -4.34. The van der Waals surface area contributed by atoms with Crippen LogP contribution in [0.1, 0.15) is 17.5 Å². The van der Waals surface area contributed by atoms with Crippen LogP contribution in [0.15, 0.2) is 54.6 Å². The number of nitrogens with one attached hydrogen (secondary N) is 1. The molecule has 1 heterocycles. The van der Waals surface area contributed by atoms with E-state index in [1.165, 1.54) is 17.7 Å². The summed E-state index contributed by atoms with van der Waals surface area (Å²) in [5.74, 6) is -0.00872. The number of alkyl halides is 3. The Balaban J connectivity index is 1.38. The van der Waals surface area contributed by atoms with Crippen LogP contribution in [0.5, 0.6) is 0 Å². The SMILES string of the molecule is O=C(CN1CCN(c2cccc(C(F)(F)F)c2)CC1)NCCCc1ccccc1. The van der Waals surface area contributed by atoms with Gasteiger partial charge in [-0.1, -0.05) is 36.4 Å². The molecule has 29 heavy (non-hydrogen) atoms. The van der Waals surface area contributed by atoms with E-state index < -0.39 is 11.7 Å². The Bertz CT molecular complexity index is 787. The molecule has 0 bridgehead atoms. The van der Waals surface area contributed by atoms with Gasteiger partial charge < -0.3 is 10.2 Å². The van der Waals surface area contributed by atoms with Crippen molar-refractivity contribution in [3.63, 3.8) is 0 Å². The molecule has 0 aliphatic carbocycles. The van der Waals surface area contributed by atoms with Crippen molar-refractivity contribution >= 4 is 11.6 Å². The molecule has 7 heteroatoms. The van der Waals surface area contributed by atoms with Crippen molar-refractivity contribution in [3.8, 4) is 0 Å². The highest BCUT2D eigenvalue weighted by Gasteiger charge is 2.31. The maximum atomic E-state index is 12.9. The zero-order chi connectivity index (χ0) is 20.7. The van der Waals surface area contributed by atoms with Crippen LogP contribution in [0.4, 0.5) is 18.9 Å². The van der Waals surface area contributed by atoms with Gasteiger partial charge in [0.25, 0.3) is 0 Å². The molecular formula is C22H26F3N3O. The van der Waals surface area contributed by atoms with E-state index in [1.807, 2.05) is 28.0 Å². The van der Waals surface area contributed by atoms with Crippen molar-refractivity contribution in [2.24, 2.45) is 0 Å². The molecule has 0 saturated carbocycles. The molecule has 0 atom stereocenters. The summed E-state index contributed by atoms with van der Waals surface area (Å²) in [6, 6.07) is 15.6. The highest BCUT2D eigenvalue weighted by molar-refractivity contribution is 5.78. The van der Waals surface area contributed by atoms with E-state index in [9.17, 15) is 18.0 Å². The van der Waals surface area contributed by atoms with Crippen molar-refractivity contribution < 1.29 is 18.0 Å². The predicted octanol–water partition coefficient (Wildman–Crippen LogP) is 3.58. The van der Waals surface area contributed by atoms with Crippen LogP contribution in [-0.4, -0.2) is 50.1 Å². The third-order valence-corrected chi connectivity index (χ3v) is 5.09. The molecule has 2 aromatic carbocycles. The number of hydrogen-bond acceptors (Lipinski definition) is 3. The van der Waals surface area contributed by atoms with E-state index >= 15 is 0 Å². The van der Waals surface area contributed by atoms with Crippen LogP contribution in [0.3, 0.4) is 0 Å². The normalized spacial score (nSPS) is 15.3. The van der Waals surface area contributed by atoms with Gasteiger partial charge in [-0.3, -0.25) is 9.69 Å². The molecule has 156 valence electrons. The Morgan fingerprint density at radius 2 is 1.69 bits per heavy atom. The smallest absolute Gasteiger partial charge is 0.369 e. The average molecular weight is 405 g/mol. The molecule has 3 rings (SSSR count). The Morgan fingerprint density at radius 1 is 0.966 bits per heavy atom. The number of anilines is 1. The van der Waals surface area contributed by atoms with E-state index in [1.54, 1.807) is 6.07 Å². The van der Waals surface area contributed by atoms with E-state index in [4.69, 9.17) is 0 Å². The molecule has 1 fully saturated rings. The number of piperazine rings is 1. The summed E-state index contributed by atoms with van der Waals surface area (Å²) in [5.41, 5.74) is 1.20. The van der Waals surface area contributed by atoms with Crippen LogP contribution in [-0.2, 0) is 17.4 Å². The Morgan fingerprint density at radius 3 is 2.38 bits per heavy atom. The fourth-order valence-corrected chi connectivity index (χ4v) is 3.47. The number of carbonyl (C=O) groups excluding carboxylic acids is 1. The summed E-state index contributed by atoms with van der Waals surface area (Å²) in [7, 11) is 0. The highest BCUT2D eigenvalue weighted by atomic mass is 19.4. The number of carbonyl (C=O) groups is 1. The van der Waals surface area contributed by atoms with Gasteiger partial charge >= 0.3 is 6.18 Å². The maximum absolute atomic E-state index is 12.9. The topological polar surface area (TPSA) is 35.6 Å². The molecule has 0 spiro atoms. The van der Waals surface area contributed by atoms with Crippen molar-refractivity contribution in [2.45, 2.75) is 19.0 Å². The second-order valence-corrected chi connectivity index (χ2v) is 7.25. The maximum Gasteiger partial charge on any atom is 0.416 e. The van der Waals surface area contributed by atoms with Gasteiger partial charge in [-0.25, -0.2) is 0 Å². The number of aryl methyl sites for hydroxylation is 1. The summed E-state index contributed by atoms with van der Waals surface area (Å²) < 4.78 is 38.7. The fraction of sp³-hybridized carbons (Fsp3) is 0.409. The fourth-order valence-electron chi connectivity index (χ4n) is 3.47. The van der Waals surface area contributed by atoms with Crippen molar-refractivity contribution in [3.05, 3.63) is 65.7 Å². The van der Waals surface area contributed by atoms with Gasteiger partial charge in [0, 0.05) is 38.4 Å². The van der Waals surface area contributed by atoms with E-state index in [-0.39, 0.29) is 5.91 Å². The van der Waals surface area contributed by atoms with Crippen LogP contribution < -0.4 is 10.2 Å². The van der Waals surface area contributed by atoms with Crippen LogP contribution >= 0.6 is 0 Å². The van der Waals surface area contributed by atoms with Crippen molar-refractivity contribution in [1.82, 2.24) is 10.2 Å². The Labute approximate surface area is 169 Å². The first-order chi connectivity index (χ1) is 13.9. The average Bonchev–Trinajstić information content (AvgIpc) is 2.72. The third kappa shape index (κ3) is 6.49. The van der Waals surface area contributed by atoms with Gasteiger partial charge in [0.05, 0.1) is 12.1 Å². The second kappa shape index (κ2) is 9.78. The first-order valence-electron chi connectivity index (χ1n) is 9.87. The standard InChI is InChI=1S/C22H26F3N3O/c23-22(24,25)19-9-4-10-20(16-19)28-14-12-27(13-15-28)17-21(29)26-11-5-8-18-6-2-1-3-7-18/h1-4,6-7,9-10,16H,5,8,11-15,17H2,(H,26,29). The third-order valence-electron chi connectivity index (χ3n) is 5.09. The van der Waals surface area contributed by atoms with Gasteiger partial charge in [-0.15, -0.1) is 0 Å². The zero-order valence-corrected chi connectivity index (χ0v) is 16.3. The summed E-state index contributed by atoms with van der Waals surface area (Å²) in [6.45, 7) is 3.45. The minimum absolute atomic E-state index is 0.00872. The number of halogens is 3. The van der Waals surface area contributed by atoms with Crippen molar-refractivity contribution in [1.29, 1.82) is 0 Å². The monoisotopic (exact) mass is 405 g/mol. The van der Waals surface area contributed by atoms with Gasteiger partial charge in [0.2, 0.25) is 5.91 Å². The molecule has 0 radical (unpaired) electrons. The largest absolute Gasteiger partial charge is 0.416 e. The summed E-state index contributed by atoms with van der Waals surface area (Å²) in [5, 5.41) is 2.95. The number of benzene rings is 2. The lowest BCUT2D eigenvalue weighted by atomic mass is 10.1. The summed E-state index contributed by atoms with van der Waals surface area (Å²) >= 11 is 0. The minimum Gasteiger partial charge on any atom is -0.369 e. The Hall–Kier alpha value is -2.54. The molecule has 0 aromatic heterocycles. The van der Waals surface area contributed by atoms with Gasteiger partial charge in [-0.2, -0.15) is 13.2 Å². The zero-order valence-electron chi connectivity index (χ0n) is 16.3. The number of amides is 1. The van der Waals surface area contributed by atoms with Crippen LogP contribution in [0.2, 0.25) is 0 Å². The lowest BCUT2D eigenvalue weighted by Crippen LogP contribution is -2.49. The van der Waals surface area contributed by atoms with Gasteiger partial charge in [0.15, 0.2) is 0 Å². The molecule has 1 N–H and O–H groups in total. The number of nitrogens with zero attached hydrogens (tertiary/aromatic N) is 2. The van der Waals surface area contributed by atoms with E-state index in [2.05, 4.69) is 17.4 Å². The van der Waals surface area contributed by atoms with Gasteiger partial charge in [-0.05, 0) is 36.6 Å². The molecular weight excluding hydrogens is 379 g/mol. The lowest BCUT2D eigenvalue weighted by Gasteiger charge is -2.36. The summed E-state index contributed by atoms with van der Waals surface area (Å²) in [6.07, 6.45) is -2.52. The Kier molecular flexibility index (Phi) is 7.14. The number of rotatable bonds is 7. The first kappa shape index (κ1) is 21.2. The molecule has 1 aliphatic rings. The lowest BCUT2D eigenvalue weighted by molar-refractivity contribution is -0.137. The van der Waals surface area contributed by atoms with E-state index in [0.29, 0.717) is 45.0 Å². The van der Waals surface area contributed by atoms with Crippen molar-refractivity contribution in [2.75, 3.05) is 44.2 Å². The molecule has 1 aliphatic heterocycles. The van der Waals surface area contributed by atoms with Gasteiger partial charge in [0.1, 0.15) is 0 Å². The second-order valence-electron chi connectivity index (χ2n) is 7.25. The molecule has 1 saturated heterocycles. The molecule has 0 unspecified atom stereocenters. The molecule has 2 aromatic rings. The first-order valence-corrected chi connectivity index (χ1v) is 9.87. The predicted molar refractivity (Wildman–Crippen MR) is 108 cm³/mol. The quantitative estimate of drug-likeness (QED) is 0.716. The molecule has 1 amide bonds. The summed E-state index contributed by atoms with van der Waals surface area (Å²) in [4.78, 5) is 16.1. The van der Waals surface area contributed by atoms with E-state index in [0.717, 1.165) is 18.9 Å². The number of hydrogen-bond donors (Lipinski definition) is 1.